The second-order valence-corrected chi connectivity index (χ2v) is 7.15. The molecule has 0 aliphatic rings. The molecule has 4 N–H and O–H groups in total. The van der Waals surface area contributed by atoms with Gasteiger partial charge in [-0.2, -0.15) is 0 Å². The lowest BCUT2D eigenvalue weighted by molar-refractivity contribution is 0.540. The van der Waals surface area contributed by atoms with E-state index in [2.05, 4.69) is 53.5 Å². The Morgan fingerprint density at radius 1 is 1.08 bits per heavy atom. The number of hydrogen-bond acceptors (Lipinski definition) is 2. The summed E-state index contributed by atoms with van der Waals surface area (Å²) in [6, 6.07) is 0.141. The molecule has 0 aliphatic carbocycles. The van der Waals surface area contributed by atoms with Gasteiger partial charge in [-0.3, -0.25) is 0 Å². The van der Waals surface area contributed by atoms with Gasteiger partial charge in [0, 0.05) is 18.5 Å². The van der Waals surface area contributed by atoms with Gasteiger partial charge in [0.2, 0.25) is 0 Å². The molecule has 0 amide bonds. The van der Waals surface area contributed by atoms with E-state index in [1.165, 1.54) is 16.7 Å². The highest BCUT2D eigenvalue weighted by atomic mass is 14.6. The average Bonchev–Trinajstić information content (AvgIpc) is 2.50. The maximum absolute atomic E-state index is 6.13. The van der Waals surface area contributed by atoms with E-state index < -0.39 is 0 Å². The molecule has 24 heavy (non-hydrogen) atoms. The van der Waals surface area contributed by atoms with Gasteiger partial charge < -0.3 is 11.5 Å². The second kappa shape index (κ2) is 10.5. The Labute approximate surface area is 150 Å². The molecule has 0 aromatic carbocycles. The molecule has 0 aliphatic heterocycles. The van der Waals surface area contributed by atoms with Gasteiger partial charge >= 0.3 is 0 Å². The van der Waals surface area contributed by atoms with Crippen LogP contribution >= 0.6 is 0 Å². The van der Waals surface area contributed by atoms with E-state index in [1.807, 2.05) is 13.8 Å². The Kier molecular flexibility index (Phi) is 9.88. The number of allylic oxidation sites excluding steroid dienone is 5. The van der Waals surface area contributed by atoms with Crippen LogP contribution in [0.5, 0.6) is 0 Å². The first-order valence-corrected chi connectivity index (χ1v) is 8.91. The number of hydrogen-bond donors (Lipinski definition) is 2. The zero-order chi connectivity index (χ0) is 19.0. The van der Waals surface area contributed by atoms with Gasteiger partial charge in [0.1, 0.15) is 0 Å². The predicted molar refractivity (Wildman–Crippen MR) is 110 cm³/mol. The molecule has 2 heteroatoms. The van der Waals surface area contributed by atoms with Gasteiger partial charge in [-0.1, -0.05) is 55.4 Å². The van der Waals surface area contributed by atoms with E-state index in [1.54, 1.807) is 0 Å². The summed E-state index contributed by atoms with van der Waals surface area (Å²) in [5, 5.41) is 0. The molecule has 0 heterocycles. The fraction of sp³-hybridized carbons (Fsp3) is 0.545. The molecular weight excluding hydrogens is 292 g/mol. The molecule has 0 spiro atoms. The SMILES string of the molecule is C=C(C)CC(C(=C)C(=C)C)/C(CN)=C(C)/C=C(/CC)C(C)C(C)N. The minimum atomic E-state index is 0.141. The van der Waals surface area contributed by atoms with Gasteiger partial charge in [0.25, 0.3) is 0 Å². The van der Waals surface area contributed by atoms with Gasteiger partial charge in [-0.05, 0) is 57.6 Å². The van der Waals surface area contributed by atoms with Crippen LogP contribution in [0.1, 0.15) is 54.4 Å². The highest BCUT2D eigenvalue weighted by molar-refractivity contribution is 5.40. The van der Waals surface area contributed by atoms with Gasteiger partial charge in [-0.15, -0.1) is 6.58 Å². The Balaban J connectivity index is 6.00. The smallest absolute Gasteiger partial charge is 0.0148 e. The van der Waals surface area contributed by atoms with Crippen molar-refractivity contribution in [1.82, 2.24) is 0 Å². The molecule has 0 bridgehead atoms. The Bertz CT molecular complexity index is 532. The number of rotatable bonds is 10. The van der Waals surface area contributed by atoms with Crippen molar-refractivity contribution >= 4 is 0 Å². The van der Waals surface area contributed by atoms with Crippen molar-refractivity contribution in [1.29, 1.82) is 0 Å². The van der Waals surface area contributed by atoms with Crippen molar-refractivity contribution < 1.29 is 0 Å². The standard InChI is InChI=1S/C22H38N2/c1-10-20(18(8)19(9)24)12-16(6)22(13-23)21(11-14(2)3)17(7)15(4)5/h12,18-19,21H,2,4,7,10-11,13,23-24H2,1,3,5-6,8-9H3/b20-12-,22-16+. The minimum absolute atomic E-state index is 0.141. The van der Waals surface area contributed by atoms with Crippen LogP contribution in [0.4, 0.5) is 0 Å². The minimum Gasteiger partial charge on any atom is -0.327 e. The Morgan fingerprint density at radius 2 is 1.62 bits per heavy atom. The molecule has 0 saturated carbocycles. The third-order valence-corrected chi connectivity index (χ3v) is 4.85. The quantitative estimate of drug-likeness (QED) is 0.422. The molecule has 0 radical (unpaired) electrons. The highest BCUT2D eigenvalue weighted by Gasteiger charge is 2.20. The van der Waals surface area contributed by atoms with Gasteiger partial charge in [0.05, 0.1) is 0 Å². The van der Waals surface area contributed by atoms with Crippen LogP contribution in [0.25, 0.3) is 0 Å². The zero-order valence-corrected chi connectivity index (χ0v) is 16.7. The zero-order valence-electron chi connectivity index (χ0n) is 16.7. The average molecular weight is 331 g/mol. The first kappa shape index (κ1) is 22.6. The van der Waals surface area contributed by atoms with Crippen molar-refractivity contribution in [2.45, 2.75) is 60.4 Å². The van der Waals surface area contributed by atoms with Crippen LogP contribution in [-0.2, 0) is 0 Å². The molecule has 3 unspecified atom stereocenters. The molecular formula is C22H38N2. The molecule has 3 atom stereocenters. The fourth-order valence-corrected chi connectivity index (χ4v) is 2.94. The van der Waals surface area contributed by atoms with Crippen LogP contribution in [0.2, 0.25) is 0 Å². The maximum atomic E-state index is 6.13. The summed E-state index contributed by atoms with van der Waals surface area (Å²) in [4.78, 5) is 0. The largest absolute Gasteiger partial charge is 0.327 e. The summed E-state index contributed by atoms with van der Waals surface area (Å²) in [5.41, 5.74) is 19.2. The van der Waals surface area contributed by atoms with Crippen LogP contribution in [-0.4, -0.2) is 12.6 Å². The fourth-order valence-electron chi connectivity index (χ4n) is 2.94. The first-order valence-electron chi connectivity index (χ1n) is 8.91. The summed E-state index contributed by atoms with van der Waals surface area (Å²) in [7, 11) is 0. The monoisotopic (exact) mass is 330 g/mol. The molecule has 0 saturated heterocycles. The third-order valence-electron chi connectivity index (χ3n) is 4.85. The van der Waals surface area contributed by atoms with Crippen molar-refractivity contribution in [3.8, 4) is 0 Å². The summed E-state index contributed by atoms with van der Waals surface area (Å²) < 4.78 is 0. The van der Waals surface area contributed by atoms with Crippen LogP contribution in [0.3, 0.4) is 0 Å². The molecule has 0 aromatic rings. The van der Waals surface area contributed by atoms with Gasteiger partial charge in [0.15, 0.2) is 0 Å². The predicted octanol–water partition coefficient (Wildman–Crippen LogP) is 5.30. The summed E-state index contributed by atoms with van der Waals surface area (Å²) in [6.45, 7) is 25.5. The summed E-state index contributed by atoms with van der Waals surface area (Å²) >= 11 is 0. The molecule has 0 rings (SSSR count). The lowest BCUT2D eigenvalue weighted by atomic mass is 9.81. The molecule has 0 aromatic heterocycles. The lowest BCUT2D eigenvalue weighted by Gasteiger charge is -2.25. The van der Waals surface area contributed by atoms with E-state index in [-0.39, 0.29) is 12.0 Å². The van der Waals surface area contributed by atoms with Crippen molar-refractivity contribution in [3.05, 3.63) is 59.3 Å². The van der Waals surface area contributed by atoms with Crippen LogP contribution < -0.4 is 11.5 Å². The Hall–Kier alpha value is -1.38. The third kappa shape index (κ3) is 6.62. The second-order valence-electron chi connectivity index (χ2n) is 7.15. The molecule has 136 valence electrons. The van der Waals surface area contributed by atoms with E-state index >= 15 is 0 Å². The summed E-state index contributed by atoms with van der Waals surface area (Å²) in [6.07, 6.45) is 4.12. The molecule has 0 fully saturated rings. The normalized spacial score (nSPS) is 16.9. The van der Waals surface area contributed by atoms with E-state index in [0.29, 0.717) is 12.5 Å². The lowest BCUT2D eigenvalue weighted by Crippen LogP contribution is -2.25. The van der Waals surface area contributed by atoms with Gasteiger partial charge in [-0.25, -0.2) is 0 Å². The van der Waals surface area contributed by atoms with Crippen molar-refractivity contribution in [2.75, 3.05) is 6.54 Å². The van der Waals surface area contributed by atoms with Crippen molar-refractivity contribution in [2.24, 2.45) is 23.3 Å². The van der Waals surface area contributed by atoms with E-state index in [4.69, 9.17) is 11.5 Å². The van der Waals surface area contributed by atoms with Crippen LogP contribution in [0, 0.1) is 11.8 Å². The maximum Gasteiger partial charge on any atom is 0.0148 e. The topological polar surface area (TPSA) is 52.0 Å². The summed E-state index contributed by atoms with van der Waals surface area (Å²) in [5.74, 6) is 0.526. The van der Waals surface area contributed by atoms with E-state index in [9.17, 15) is 0 Å². The Morgan fingerprint density at radius 3 is 1.96 bits per heavy atom. The highest BCUT2D eigenvalue weighted by Crippen LogP contribution is 2.32. The molecule has 2 nitrogen and oxygen atoms in total. The van der Waals surface area contributed by atoms with Crippen molar-refractivity contribution in [3.63, 3.8) is 0 Å². The number of nitrogens with two attached hydrogens (primary N) is 2. The van der Waals surface area contributed by atoms with E-state index in [0.717, 1.165) is 29.6 Å². The van der Waals surface area contributed by atoms with Crippen LogP contribution in [0.15, 0.2) is 59.3 Å². The first-order chi connectivity index (χ1) is 11.1.